The van der Waals surface area contributed by atoms with Crippen LogP contribution in [0.3, 0.4) is 0 Å². The number of nitrogens with zero attached hydrogens (tertiary/aromatic N) is 2. The van der Waals surface area contributed by atoms with Crippen LogP contribution in [0.2, 0.25) is 0 Å². The van der Waals surface area contributed by atoms with E-state index >= 15 is 0 Å². The molecule has 1 aromatic rings. The zero-order chi connectivity index (χ0) is 12.9. The Balaban J connectivity index is 2.62. The van der Waals surface area contributed by atoms with Crippen LogP contribution < -0.4 is 10.0 Å². The average Bonchev–Trinajstić information content (AvgIpc) is 2.28. The lowest BCUT2D eigenvalue weighted by Gasteiger charge is -2.08. The highest BCUT2D eigenvalue weighted by Gasteiger charge is 2.07. The summed E-state index contributed by atoms with van der Waals surface area (Å²) in [5.41, 5.74) is 0. The zero-order valence-electron chi connectivity index (χ0n) is 10.3. The maximum Gasteiger partial charge on any atom is 0.233 e. The second-order valence-corrected chi connectivity index (χ2v) is 6.10. The summed E-state index contributed by atoms with van der Waals surface area (Å²) in [6.45, 7) is 6.54. The normalized spacial score (nSPS) is 11.5. The molecule has 0 bridgehead atoms. The van der Waals surface area contributed by atoms with Crippen LogP contribution in [0.1, 0.15) is 20.8 Å². The molecule has 0 radical (unpaired) electrons. The van der Waals surface area contributed by atoms with Crippen LogP contribution in [0, 0.1) is 5.92 Å². The number of anilines is 2. The Morgan fingerprint density at radius 1 is 1.24 bits per heavy atom. The lowest BCUT2D eigenvalue weighted by atomic mass is 10.2. The van der Waals surface area contributed by atoms with Crippen LogP contribution in [0.15, 0.2) is 12.1 Å². The molecule has 96 valence electrons. The molecular formula is C10H18N4O2S. The van der Waals surface area contributed by atoms with Crippen LogP contribution in [-0.2, 0) is 10.0 Å². The van der Waals surface area contributed by atoms with E-state index in [0.717, 1.165) is 6.54 Å². The Bertz CT molecular complexity index is 442. The fraction of sp³-hybridized carbons (Fsp3) is 0.600. The summed E-state index contributed by atoms with van der Waals surface area (Å²) in [7, 11) is -3.28. The fourth-order valence-electron chi connectivity index (χ4n) is 1.02. The topological polar surface area (TPSA) is 84.0 Å². The van der Waals surface area contributed by atoms with Crippen molar-refractivity contribution in [1.29, 1.82) is 0 Å². The van der Waals surface area contributed by atoms with Crippen molar-refractivity contribution < 1.29 is 8.42 Å². The summed E-state index contributed by atoms with van der Waals surface area (Å²) in [6.07, 6.45) is 0. The van der Waals surface area contributed by atoms with Crippen molar-refractivity contribution in [2.75, 3.05) is 22.3 Å². The van der Waals surface area contributed by atoms with Crippen molar-refractivity contribution in [2.45, 2.75) is 20.8 Å². The van der Waals surface area contributed by atoms with E-state index in [4.69, 9.17) is 0 Å². The van der Waals surface area contributed by atoms with E-state index in [2.05, 4.69) is 34.1 Å². The third-order valence-corrected chi connectivity index (χ3v) is 3.28. The van der Waals surface area contributed by atoms with Crippen LogP contribution in [0.5, 0.6) is 0 Å². The van der Waals surface area contributed by atoms with Gasteiger partial charge in [0.1, 0.15) is 5.82 Å². The summed E-state index contributed by atoms with van der Waals surface area (Å²) in [5, 5.41) is 10.8. The molecule has 0 spiro atoms. The molecule has 2 N–H and O–H groups in total. The smallest absolute Gasteiger partial charge is 0.233 e. The van der Waals surface area contributed by atoms with Gasteiger partial charge in [0.05, 0.1) is 5.75 Å². The number of rotatable bonds is 6. The van der Waals surface area contributed by atoms with Gasteiger partial charge >= 0.3 is 0 Å². The molecule has 0 aliphatic carbocycles. The Morgan fingerprint density at radius 2 is 1.82 bits per heavy atom. The molecule has 1 heterocycles. The summed E-state index contributed by atoms with van der Waals surface area (Å²) in [5.74, 6) is 1.40. The number of hydrogen-bond acceptors (Lipinski definition) is 5. The number of hydrogen-bond donors (Lipinski definition) is 2. The third-order valence-electron chi connectivity index (χ3n) is 2.00. The maximum atomic E-state index is 11.3. The van der Waals surface area contributed by atoms with Crippen LogP contribution in [0.4, 0.5) is 11.6 Å². The van der Waals surface area contributed by atoms with Crippen LogP contribution in [0.25, 0.3) is 0 Å². The second kappa shape index (κ2) is 5.81. The first kappa shape index (κ1) is 13.7. The quantitative estimate of drug-likeness (QED) is 0.803. The first-order valence-corrected chi connectivity index (χ1v) is 7.16. The van der Waals surface area contributed by atoms with E-state index in [0.29, 0.717) is 11.7 Å². The van der Waals surface area contributed by atoms with E-state index in [9.17, 15) is 8.42 Å². The molecular weight excluding hydrogens is 240 g/mol. The highest BCUT2D eigenvalue weighted by molar-refractivity contribution is 7.92. The van der Waals surface area contributed by atoms with Gasteiger partial charge in [-0.25, -0.2) is 8.42 Å². The van der Waals surface area contributed by atoms with E-state index < -0.39 is 10.0 Å². The molecule has 6 nitrogen and oxygen atoms in total. The zero-order valence-corrected chi connectivity index (χ0v) is 11.1. The molecule has 0 atom stereocenters. The van der Waals surface area contributed by atoms with Crippen molar-refractivity contribution in [3.05, 3.63) is 12.1 Å². The standard InChI is InChI=1S/C10H18N4O2S/c1-4-17(15,16)14-10-6-5-9(12-13-10)11-7-8(2)3/h5-6,8H,4,7H2,1-3H3,(H,11,12)(H,13,14). The molecule has 1 aromatic heterocycles. The minimum atomic E-state index is -3.28. The summed E-state index contributed by atoms with van der Waals surface area (Å²) in [4.78, 5) is 0. The predicted octanol–water partition coefficient (Wildman–Crippen LogP) is 1.31. The van der Waals surface area contributed by atoms with Crippen molar-refractivity contribution in [3.63, 3.8) is 0 Å². The van der Waals surface area contributed by atoms with Crippen molar-refractivity contribution in [1.82, 2.24) is 10.2 Å². The maximum absolute atomic E-state index is 11.3. The lowest BCUT2D eigenvalue weighted by molar-refractivity contribution is 0.602. The molecule has 0 saturated heterocycles. The molecule has 0 aliphatic rings. The van der Waals surface area contributed by atoms with E-state index in [-0.39, 0.29) is 11.6 Å². The monoisotopic (exact) mass is 258 g/mol. The van der Waals surface area contributed by atoms with Gasteiger partial charge in [-0.05, 0) is 25.0 Å². The number of nitrogens with one attached hydrogen (secondary N) is 2. The van der Waals surface area contributed by atoms with Gasteiger partial charge in [0, 0.05) is 6.54 Å². The first-order valence-electron chi connectivity index (χ1n) is 5.51. The summed E-state index contributed by atoms with van der Waals surface area (Å²) < 4.78 is 24.9. The minimum absolute atomic E-state index is 0.0159. The molecule has 1 rings (SSSR count). The van der Waals surface area contributed by atoms with Crippen molar-refractivity contribution >= 4 is 21.7 Å². The minimum Gasteiger partial charge on any atom is -0.368 e. The fourth-order valence-corrected chi connectivity index (χ4v) is 1.59. The highest BCUT2D eigenvalue weighted by atomic mass is 32.2. The van der Waals surface area contributed by atoms with Gasteiger partial charge < -0.3 is 5.32 Å². The third kappa shape index (κ3) is 4.99. The Kier molecular flexibility index (Phi) is 4.68. The lowest BCUT2D eigenvalue weighted by Crippen LogP contribution is -2.16. The largest absolute Gasteiger partial charge is 0.368 e. The first-order chi connectivity index (χ1) is 7.93. The number of sulfonamides is 1. The van der Waals surface area contributed by atoms with Gasteiger partial charge in [-0.3, -0.25) is 4.72 Å². The van der Waals surface area contributed by atoms with Gasteiger partial charge in [0.15, 0.2) is 5.82 Å². The molecule has 0 fully saturated rings. The molecule has 0 aromatic carbocycles. The molecule has 0 unspecified atom stereocenters. The van der Waals surface area contributed by atoms with Gasteiger partial charge in [0.25, 0.3) is 0 Å². The Morgan fingerprint density at radius 3 is 2.29 bits per heavy atom. The van der Waals surface area contributed by atoms with Crippen LogP contribution >= 0.6 is 0 Å². The average molecular weight is 258 g/mol. The molecule has 0 amide bonds. The second-order valence-electron chi connectivity index (χ2n) is 4.08. The highest BCUT2D eigenvalue weighted by Crippen LogP contribution is 2.08. The molecule has 0 aliphatic heterocycles. The number of aromatic nitrogens is 2. The Labute approximate surface area is 102 Å². The van der Waals surface area contributed by atoms with Gasteiger partial charge in [-0.15, -0.1) is 10.2 Å². The molecule has 7 heteroatoms. The van der Waals surface area contributed by atoms with Crippen LogP contribution in [-0.4, -0.2) is 30.9 Å². The molecule has 17 heavy (non-hydrogen) atoms. The summed E-state index contributed by atoms with van der Waals surface area (Å²) in [6, 6.07) is 3.28. The van der Waals surface area contributed by atoms with E-state index in [1.165, 1.54) is 0 Å². The van der Waals surface area contributed by atoms with Gasteiger partial charge in [-0.2, -0.15) is 0 Å². The Hall–Kier alpha value is -1.37. The predicted molar refractivity (Wildman–Crippen MR) is 68.4 cm³/mol. The molecule has 0 saturated carbocycles. The SMILES string of the molecule is CCS(=O)(=O)Nc1ccc(NCC(C)C)nn1. The van der Waals surface area contributed by atoms with Crippen molar-refractivity contribution in [2.24, 2.45) is 5.92 Å². The van der Waals surface area contributed by atoms with Gasteiger partial charge in [-0.1, -0.05) is 13.8 Å². The van der Waals surface area contributed by atoms with Gasteiger partial charge in [0.2, 0.25) is 10.0 Å². The van der Waals surface area contributed by atoms with E-state index in [1.807, 2.05) is 0 Å². The van der Waals surface area contributed by atoms with E-state index in [1.54, 1.807) is 19.1 Å². The summed E-state index contributed by atoms with van der Waals surface area (Å²) >= 11 is 0. The van der Waals surface area contributed by atoms with Crippen molar-refractivity contribution in [3.8, 4) is 0 Å².